The molecule has 0 spiro atoms. The molecule has 132 valence electrons. The zero-order chi connectivity index (χ0) is 17.4. The summed E-state index contributed by atoms with van der Waals surface area (Å²) in [6.07, 6.45) is 3.50. The van der Waals surface area contributed by atoms with Crippen molar-refractivity contribution in [2.75, 3.05) is 33.7 Å². The Morgan fingerprint density at radius 3 is 2.17 bits per heavy atom. The van der Waals surface area contributed by atoms with Crippen LogP contribution in [0.5, 0.6) is 0 Å². The van der Waals surface area contributed by atoms with Gasteiger partial charge in [0.1, 0.15) is 0 Å². The van der Waals surface area contributed by atoms with Crippen LogP contribution in [0.25, 0.3) is 0 Å². The fourth-order valence-electron chi connectivity index (χ4n) is 2.79. The van der Waals surface area contributed by atoms with Gasteiger partial charge >= 0.3 is 0 Å². The Labute approximate surface area is 144 Å². The molecule has 0 saturated heterocycles. The van der Waals surface area contributed by atoms with Crippen molar-refractivity contribution >= 4 is 11.8 Å². The minimum atomic E-state index is -0.129. The van der Waals surface area contributed by atoms with Crippen molar-refractivity contribution in [2.24, 2.45) is 11.8 Å². The van der Waals surface area contributed by atoms with Gasteiger partial charge in [-0.2, -0.15) is 0 Å². The molecule has 2 N–H and O–H groups in total. The summed E-state index contributed by atoms with van der Waals surface area (Å²) in [6, 6.07) is 10.3. The molecular weight excluding hydrogens is 302 g/mol. The zero-order valence-corrected chi connectivity index (χ0v) is 14.8. The number of rotatable bonds is 10. The van der Waals surface area contributed by atoms with E-state index >= 15 is 0 Å². The van der Waals surface area contributed by atoms with E-state index in [4.69, 9.17) is 0 Å². The number of hydrogen-bond donors (Lipinski definition) is 2. The molecule has 1 aliphatic rings. The topological polar surface area (TPSA) is 61.4 Å². The van der Waals surface area contributed by atoms with Crippen molar-refractivity contribution in [3.05, 3.63) is 35.9 Å². The summed E-state index contributed by atoms with van der Waals surface area (Å²) in [7, 11) is 4.03. The summed E-state index contributed by atoms with van der Waals surface area (Å²) in [5.74, 6) is -0.205. The molecular formula is C19H29N3O2. The van der Waals surface area contributed by atoms with Crippen LogP contribution in [0.1, 0.15) is 24.8 Å². The molecule has 0 heterocycles. The molecule has 24 heavy (non-hydrogen) atoms. The summed E-state index contributed by atoms with van der Waals surface area (Å²) in [6.45, 7) is 2.30. The van der Waals surface area contributed by atoms with E-state index in [0.29, 0.717) is 19.5 Å². The lowest BCUT2D eigenvalue weighted by molar-refractivity contribution is -0.127. The van der Waals surface area contributed by atoms with Gasteiger partial charge in [-0.25, -0.2) is 0 Å². The normalized spacial score (nSPS) is 19.1. The maximum absolute atomic E-state index is 12.1. The summed E-state index contributed by atoms with van der Waals surface area (Å²) in [5, 5.41) is 5.88. The first kappa shape index (κ1) is 18.5. The molecule has 1 aliphatic carbocycles. The molecule has 1 aromatic rings. The summed E-state index contributed by atoms with van der Waals surface area (Å²) < 4.78 is 0. The SMILES string of the molecule is CN(C)CCCNC(=O)C1CC1C(=O)NCCCc1ccccc1. The Balaban J connectivity index is 1.55. The maximum Gasteiger partial charge on any atom is 0.223 e. The van der Waals surface area contributed by atoms with Crippen molar-refractivity contribution in [3.63, 3.8) is 0 Å². The molecule has 2 amide bonds. The van der Waals surface area contributed by atoms with Crippen molar-refractivity contribution in [2.45, 2.75) is 25.7 Å². The lowest BCUT2D eigenvalue weighted by atomic mass is 10.1. The van der Waals surface area contributed by atoms with Crippen LogP contribution in [0.3, 0.4) is 0 Å². The second kappa shape index (κ2) is 9.42. The number of benzene rings is 1. The Morgan fingerprint density at radius 1 is 1.00 bits per heavy atom. The molecule has 2 atom stereocenters. The standard InChI is InChI=1S/C19H29N3O2/c1-22(2)13-7-12-21-19(24)17-14-16(17)18(23)20-11-6-10-15-8-4-3-5-9-15/h3-5,8-9,16-17H,6-7,10-14H2,1-2H3,(H,20,23)(H,21,24). The molecule has 0 radical (unpaired) electrons. The van der Waals surface area contributed by atoms with E-state index in [9.17, 15) is 9.59 Å². The molecule has 0 aliphatic heterocycles. The Hall–Kier alpha value is -1.88. The third kappa shape index (κ3) is 6.32. The first-order valence-corrected chi connectivity index (χ1v) is 8.82. The fraction of sp³-hybridized carbons (Fsp3) is 0.579. The fourth-order valence-corrected chi connectivity index (χ4v) is 2.79. The predicted octanol–water partition coefficient (Wildman–Crippen LogP) is 1.44. The van der Waals surface area contributed by atoms with Crippen LogP contribution in [0.4, 0.5) is 0 Å². The van der Waals surface area contributed by atoms with E-state index in [-0.39, 0.29) is 23.7 Å². The number of carbonyl (C=O) groups is 2. The maximum atomic E-state index is 12.1. The van der Waals surface area contributed by atoms with Gasteiger partial charge in [-0.1, -0.05) is 30.3 Å². The van der Waals surface area contributed by atoms with E-state index in [0.717, 1.165) is 25.8 Å². The van der Waals surface area contributed by atoms with Crippen LogP contribution in [-0.2, 0) is 16.0 Å². The van der Waals surface area contributed by atoms with Gasteiger partial charge in [0.25, 0.3) is 0 Å². The van der Waals surface area contributed by atoms with Crippen LogP contribution in [0, 0.1) is 11.8 Å². The molecule has 1 fully saturated rings. The highest BCUT2D eigenvalue weighted by atomic mass is 16.2. The van der Waals surface area contributed by atoms with Gasteiger partial charge in [0.15, 0.2) is 0 Å². The smallest absolute Gasteiger partial charge is 0.223 e. The first-order valence-electron chi connectivity index (χ1n) is 8.82. The van der Waals surface area contributed by atoms with Gasteiger partial charge in [0, 0.05) is 13.1 Å². The van der Waals surface area contributed by atoms with Gasteiger partial charge in [-0.3, -0.25) is 9.59 Å². The van der Waals surface area contributed by atoms with Crippen molar-refractivity contribution in [3.8, 4) is 0 Å². The number of hydrogen-bond acceptors (Lipinski definition) is 3. The third-order valence-corrected chi connectivity index (χ3v) is 4.33. The van der Waals surface area contributed by atoms with Crippen LogP contribution < -0.4 is 10.6 Å². The second-order valence-corrected chi connectivity index (χ2v) is 6.78. The predicted molar refractivity (Wildman–Crippen MR) is 95.6 cm³/mol. The highest BCUT2D eigenvalue weighted by Crippen LogP contribution is 2.38. The second-order valence-electron chi connectivity index (χ2n) is 6.78. The number of carbonyl (C=O) groups excluding carboxylic acids is 2. The minimum Gasteiger partial charge on any atom is -0.356 e. The Morgan fingerprint density at radius 2 is 1.58 bits per heavy atom. The molecule has 2 unspecified atom stereocenters. The largest absolute Gasteiger partial charge is 0.356 e. The van der Waals surface area contributed by atoms with Crippen molar-refractivity contribution < 1.29 is 9.59 Å². The lowest BCUT2D eigenvalue weighted by Gasteiger charge is -2.10. The van der Waals surface area contributed by atoms with Gasteiger partial charge in [0.2, 0.25) is 11.8 Å². The van der Waals surface area contributed by atoms with Crippen LogP contribution in [-0.4, -0.2) is 50.4 Å². The van der Waals surface area contributed by atoms with Crippen LogP contribution >= 0.6 is 0 Å². The van der Waals surface area contributed by atoms with Crippen molar-refractivity contribution in [1.29, 1.82) is 0 Å². The summed E-state index contributed by atoms with van der Waals surface area (Å²) in [4.78, 5) is 26.1. The van der Waals surface area contributed by atoms with Gasteiger partial charge < -0.3 is 15.5 Å². The average Bonchev–Trinajstić information content (AvgIpc) is 3.37. The van der Waals surface area contributed by atoms with Gasteiger partial charge in [-0.05, 0) is 51.9 Å². The molecule has 0 bridgehead atoms. The molecule has 1 aromatic carbocycles. The van der Waals surface area contributed by atoms with Crippen molar-refractivity contribution in [1.82, 2.24) is 15.5 Å². The third-order valence-electron chi connectivity index (χ3n) is 4.33. The van der Waals surface area contributed by atoms with Gasteiger partial charge in [0.05, 0.1) is 11.8 Å². The number of aryl methyl sites for hydroxylation is 1. The lowest BCUT2D eigenvalue weighted by Crippen LogP contribution is -2.32. The van der Waals surface area contributed by atoms with E-state index in [1.165, 1.54) is 5.56 Å². The molecule has 2 rings (SSSR count). The number of nitrogens with zero attached hydrogens (tertiary/aromatic N) is 1. The molecule has 1 saturated carbocycles. The highest BCUT2D eigenvalue weighted by molar-refractivity contribution is 5.92. The van der Waals surface area contributed by atoms with Gasteiger partial charge in [-0.15, -0.1) is 0 Å². The zero-order valence-electron chi connectivity index (χ0n) is 14.8. The van der Waals surface area contributed by atoms with Crippen LogP contribution in [0.15, 0.2) is 30.3 Å². The quantitative estimate of drug-likeness (QED) is 0.638. The minimum absolute atomic E-state index is 0.0245. The molecule has 0 aromatic heterocycles. The van der Waals surface area contributed by atoms with E-state index in [1.54, 1.807) is 0 Å². The van der Waals surface area contributed by atoms with Crippen LogP contribution in [0.2, 0.25) is 0 Å². The Bertz CT molecular complexity index is 531. The monoisotopic (exact) mass is 331 g/mol. The Kier molecular flexibility index (Phi) is 7.25. The highest BCUT2D eigenvalue weighted by Gasteiger charge is 2.47. The summed E-state index contributed by atoms with van der Waals surface area (Å²) >= 11 is 0. The summed E-state index contributed by atoms with van der Waals surface area (Å²) in [5.41, 5.74) is 1.29. The first-order chi connectivity index (χ1) is 11.6. The average molecular weight is 331 g/mol. The molecule has 5 heteroatoms. The molecule has 5 nitrogen and oxygen atoms in total. The number of nitrogens with one attached hydrogen (secondary N) is 2. The van der Waals surface area contributed by atoms with E-state index in [2.05, 4.69) is 27.7 Å². The van der Waals surface area contributed by atoms with E-state index < -0.39 is 0 Å². The van der Waals surface area contributed by atoms with E-state index in [1.807, 2.05) is 32.3 Å². The number of amides is 2.